The summed E-state index contributed by atoms with van der Waals surface area (Å²) < 4.78 is 1.64. The number of hydrogen-bond acceptors (Lipinski definition) is 6. The first kappa shape index (κ1) is 20.3. The van der Waals surface area contributed by atoms with Crippen molar-refractivity contribution in [1.82, 2.24) is 9.55 Å². The number of benzene rings is 2. The molecular formula is C21H20N4O3S. The van der Waals surface area contributed by atoms with Gasteiger partial charge in [0.25, 0.3) is 5.56 Å². The highest BCUT2D eigenvalue weighted by molar-refractivity contribution is 8.00. The number of para-hydroxylation sites is 1. The number of amides is 1. The molecule has 0 aliphatic rings. The second kappa shape index (κ2) is 8.74. The minimum Gasteiger partial charge on any atom is -0.385 e. The van der Waals surface area contributed by atoms with Crippen molar-refractivity contribution in [3.8, 4) is 5.69 Å². The van der Waals surface area contributed by atoms with E-state index in [4.69, 9.17) is 5.73 Å². The summed E-state index contributed by atoms with van der Waals surface area (Å²) in [6.07, 6.45) is 0. The van der Waals surface area contributed by atoms with Crippen molar-refractivity contribution >= 4 is 35.0 Å². The van der Waals surface area contributed by atoms with Gasteiger partial charge >= 0.3 is 0 Å². The Balaban J connectivity index is 1.81. The number of anilines is 2. The summed E-state index contributed by atoms with van der Waals surface area (Å²) in [5.74, 6) is -0.0635. The van der Waals surface area contributed by atoms with Crippen LogP contribution in [0.4, 0.5) is 11.5 Å². The lowest BCUT2D eigenvalue weighted by molar-refractivity contribution is -0.115. The van der Waals surface area contributed by atoms with E-state index >= 15 is 0 Å². The third-order valence-corrected chi connectivity index (χ3v) is 5.20. The molecule has 1 aromatic heterocycles. The third kappa shape index (κ3) is 4.91. The molecule has 3 aromatic rings. The van der Waals surface area contributed by atoms with Crippen LogP contribution in [0.25, 0.3) is 5.69 Å². The van der Waals surface area contributed by atoms with Crippen LogP contribution in [0.15, 0.2) is 70.6 Å². The van der Waals surface area contributed by atoms with Gasteiger partial charge in [-0.3, -0.25) is 19.0 Å². The van der Waals surface area contributed by atoms with Gasteiger partial charge in [-0.05, 0) is 50.2 Å². The lowest BCUT2D eigenvalue weighted by atomic mass is 10.1. The molecule has 3 rings (SSSR count). The largest absolute Gasteiger partial charge is 0.385 e. The van der Waals surface area contributed by atoms with Crippen molar-refractivity contribution in [2.45, 2.75) is 24.3 Å². The molecule has 0 aliphatic carbocycles. The van der Waals surface area contributed by atoms with Gasteiger partial charge in [0, 0.05) is 23.0 Å². The van der Waals surface area contributed by atoms with E-state index in [9.17, 15) is 14.4 Å². The van der Waals surface area contributed by atoms with E-state index in [0.29, 0.717) is 16.4 Å². The van der Waals surface area contributed by atoms with Crippen LogP contribution in [0.2, 0.25) is 0 Å². The molecule has 0 bridgehead atoms. The summed E-state index contributed by atoms with van der Waals surface area (Å²) in [4.78, 5) is 39.9. The van der Waals surface area contributed by atoms with Crippen LogP contribution in [0.1, 0.15) is 24.2 Å². The molecule has 1 amide bonds. The number of nitrogen functional groups attached to an aromatic ring is 1. The highest BCUT2D eigenvalue weighted by Gasteiger charge is 2.19. The van der Waals surface area contributed by atoms with Crippen LogP contribution < -0.4 is 16.6 Å². The molecule has 0 fully saturated rings. The van der Waals surface area contributed by atoms with Crippen molar-refractivity contribution in [3.05, 3.63) is 76.6 Å². The van der Waals surface area contributed by atoms with E-state index in [-0.39, 0.29) is 17.5 Å². The Morgan fingerprint density at radius 1 is 1.10 bits per heavy atom. The van der Waals surface area contributed by atoms with E-state index in [1.54, 1.807) is 35.8 Å². The van der Waals surface area contributed by atoms with E-state index in [2.05, 4.69) is 10.3 Å². The summed E-state index contributed by atoms with van der Waals surface area (Å²) in [6.45, 7) is 3.20. The molecule has 1 atom stereocenters. The van der Waals surface area contributed by atoms with Gasteiger partial charge in [-0.25, -0.2) is 0 Å². The zero-order chi connectivity index (χ0) is 21.0. The Bertz CT molecular complexity index is 1100. The fourth-order valence-corrected chi connectivity index (χ4v) is 3.58. The predicted molar refractivity (Wildman–Crippen MR) is 115 cm³/mol. The SMILES string of the molecule is CC(=O)c1ccc(NC(=O)C(C)Sc2nc(=O)cc(N)n2-c2ccccc2)cc1. The molecule has 0 saturated heterocycles. The number of nitrogens with two attached hydrogens (primary N) is 1. The number of Topliss-reactive ketones (excluding diaryl/α,β-unsaturated/α-hetero) is 1. The topological polar surface area (TPSA) is 107 Å². The van der Waals surface area contributed by atoms with Gasteiger partial charge in [-0.15, -0.1) is 0 Å². The van der Waals surface area contributed by atoms with Gasteiger partial charge in [-0.2, -0.15) is 4.98 Å². The van der Waals surface area contributed by atoms with Crippen molar-refractivity contribution in [3.63, 3.8) is 0 Å². The minimum atomic E-state index is -0.550. The maximum Gasteiger partial charge on any atom is 0.275 e. The first-order valence-electron chi connectivity index (χ1n) is 8.88. The minimum absolute atomic E-state index is 0.0431. The Kier molecular flexibility index (Phi) is 6.13. The molecule has 8 heteroatoms. The number of nitrogens with one attached hydrogen (secondary N) is 1. The molecule has 1 unspecified atom stereocenters. The number of nitrogens with zero attached hydrogens (tertiary/aromatic N) is 2. The monoisotopic (exact) mass is 408 g/mol. The maximum absolute atomic E-state index is 12.6. The molecule has 29 heavy (non-hydrogen) atoms. The molecule has 0 radical (unpaired) electrons. The lowest BCUT2D eigenvalue weighted by Crippen LogP contribution is -2.24. The molecule has 148 valence electrons. The molecule has 0 aliphatic heterocycles. The van der Waals surface area contributed by atoms with Gasteiger partial charge in [0.05, 0.1) is 5.25 Å². The molecule has 1 heterocycles. The zero-order valence-corrected chi connectivity index (χ0v) is 16.8. The lowest BCUT2D eigenvalue weighted by Gasteiger charge is -2.17. The van der Waals surface area contributed by atoms with Crippen LogP contribution in [0, 0.1) is 0 Å². The van der Waals surface area contributed by atoms with E-state index in [1.807, 2.05) is 30.3 Å². The van der Waals surface area contributed by atoms with Gasteiger partial charge < -0.3 is 11.1 Å². The first-order valence-corrected chi connectivity index (χ1v) is 9.76. The Hall–Kier alpha value is -3.39. The third-order valence-electron chi connectivity index (χ3n) is 4.15. The summed E-state index contributed by atoms with van der Waals surface area (Å²) in [6, 6.07) is 17.2. The van der Waals surface area contributed by atoms with Gasteiger partial charge in [0.2, 0.25) is 5.91 Å². The van der Waals surface area contributed by atoms with E-state index in [1.165, 1.54) is 13.0 Å². The normalized spacial score (nSPS) is 11.7. The van der Waals surface area contributed by atoms with Crippen LogP contribution in [0.5, 0.6) is 0 Å². The Labute approximate surface area is 172 Å². The summed E-state index contributed by atoms with van der Waals surface area (Å²) in [5, 5.41) is 2.58. The second-order valence-electron chi connectivity index (χ2n) is 6.36. The number of carbonyl (C=O) groups excluding carboxylic acids is 2. The molecule has 0 spiro atoms. The number of rotatable bonds is 6. The number of aromatic nitrogens is 2. The van der Waals surface area contributed by atoms with Gasteiger partial charge in [0.15, 0.2) is 10.9 Å². The van der Waals surface area contributed by atoms with E-state index in [0.717, 1.165) is 17.4 Å². The standard InChI is InChI=1S/C21H20N4O3S/c1-13(26)15-8-10-16(11-9-15)23-20(28)14(2)29-21-24-19(27)12-18(22)25(21)17-6-4-3-5-7-17/h3-12,14H,22H2,1-2H3,(H,23,28). The average Bonchev–Trinajstić information content (AvgIpc) is 2.68. The van der Waals surface area contributed by atoms with Crippen LogP contribution in [-0.4, -0.2) is 26.5 Å². The number of thioether (sulfide) groups is 1. The molecular weight excluding hydrogens is 388 g/mol. The molecule has 3 N–H and O–H groups in total. The zero-order valence-electron chi connectivity index (χ0n) is 16.0. The molecule has 7 nitrogen and oxygen atoms in total. The number of ketones is 1. The van der Waals surface area contributed by atoms with Crippen molar-refractivity contribution < 1.29 is 9.59 Å². The fourth-order valence-electron chi connectivity index (χ4n) is 2.64. The highest BCUT2D eigenvalue weighted by Crippen LogP contribution is 2.26. The predicted octanol–water partition coefficient (Wildman–Crippen LogP) is 3.14. The first-order chi connectivity index (χ1) is 13.8. The second-order valence-corrected chi connectivity index (χ2v) is 7.66. The highest BCUT2D eigenvalue weighted by atomic mass is 32.2. The van der Waals surface area contributed by atoms with Crippen LogP contribution in [-0.2, 0) is 4.79 Å². The summed E-state index contributed by atoms with van der Waals surface area (Å²) in [7, 11) is 0. The van der Waals surface area contributed by atoms with Crippen LogP contribution in [0.3, 0.4) is 0 Å². The molecule has 2 aromatic carbocycles. The van der Waals surface area contributed by atoms with Crippen molar-refractivity contribution in [1.29, 1.82) is 0 Å². The number of hydrogen-bond donors (Lipinski definition) is 2. The van der Waals surface area contributed by atoms with Gasteiger partial charge in [0.1, 0.15) is 5.82 Å². The maximum atomic E-state index is 12.6. The average molecular weight is 408 g/mol. The van der Waals surface area contributed by atoms with Crippen LogP contribution >= 0.6 is 11.8 Å². The molecule has 0 saturated carbocycles. The quantitative estimate of drug-likeness (QED) is 0.369. The smallest absolute Gasteiger partial charge is 0.275 e. The number of carbonyl (C=O) groups is 2. The summed E-state index contributed by atoms with van der Waals surface area (Å²) in [5.41, 5.74) is 7.47. The Morgan fingerprint density at radius 2 is 1.76 bits per heavy atom. The fraction of sp³-hybridized carbons (Fsp3) is 0.143. The Morgan fingerprint density at radius 3 is 2.38 bits per heavy atom. The van der Waals surface area contributed by atoms with Crippen molar-refractivity contribution in [2.24, 2.45) is 0 Å². The van der Waals surface area contributed by atoms with E-state index < -0.39 is 10.8 Å². The van der Waals surface area contributed by atoms with Crippen molar-refractivity contribution in [2.75, 3.05) is 11.1 Å². The summed E-state index contributed by atoms with van der Waals surface area (Å²) >= 11 is 1.13. The van der Waals surface area contributed by atoms with Gasteiger partial charge in [-0.1, -0.05) is 30.0 Å².